The first kappa shape index (κ1) is 13.0. The van der Waals surface area contributed by atoms with Crippen molar-refractivity contribution in [3.05, 3.63) is 22.4 Å². The highest BCUT2D eigenvalue weighted by Crippen LogP contribution is 2.14. The van der Waals surface area contributed by atoms with Gasteiger partial charge in [0.05, 0.1) is 6.10 Å². The third-order valence-corrected chi connectivity index (χ3v) is 2.90. The molecule has 1 aromatic rings. The molecule has 1 aromatic heterocycles. The minimum atomic E-state index is -0.622. The number of rotatable bonds is 6. The van der Waals surface area contributed by atoms with Gasteiger partial charge in [-0.2, -0.15) is 11.3 Å². The average Bonchev–Trinajstić information content (AvgIpc) is 2.79. The van der Waals surface area contributed by atoms with Gasteiger partial charge in [-0.15, -0.1) is 0 Å². The van der Waals surface area contributed by atoms with Gasteiger partial charge in [0, 0.05) is 13.1 Å². The smallest absolute Gasteiger partial charge is 0.314 e. The summed E-state index contributed by atoms with van der Waals surface area (Å²) in [5.41, 5.74) is 0.846. The first-order valence-electron chi connectivity index (χ1n) is 5.46. The van der Waals surface area contributed by atoms with Crippen LogP contribution >= 0.6 is 11.3 Å². The summed E-state index contributed by atoms with van der Waals surface area (Å²) in [5.74, 6) is 0. The Morgan fingerprint density at radius 1 is 1.56 bits per heavy atom. The van der Waals surface area contributed by atoms with Crippen LogP contribution in [0.25, 0.3) is 0 Å². The van der Waals surface area contributed by atoms with E-state index in [0.29, 0.717) is 6.54 Å². The number of urea groups is 1. The molecule has 3 N–H and O–H groups in total. The second kappa shape index (κ2) is 7.24. The molecule has 1 unspecified atom stereocenters. The number of unbranched alkanes of at least 4 members (excludes halogenated alkanes) is 1. The Balaban J connectivity index is 2.16. The van der Waals surface area contributed by atoms with Gasteiger partial charge in [0.1, 0.15) is 0 Å². The largest absolute Gasteiger partial charge is 0.387 e. The molecule has 90 valence electrons. The predicted octanol–water partition coefficient (Wildman–Crippen LogP) is 1.88. The molecule has 2 amide bonds. The molecule has 0 radical (unpaired) electrons. The van der Waals surface area contributed by atoms with Crippen LogP contribution in [0, 0.1) is 0 Å². The van der Waals surface area contributed by atoms with Crippen molar-refractivity contribution in [2.75, 3.05) is 13.1 Å². The summed E-state index contributed by atoms with van der Waals surface area (Å²) < 4.78 is 0. The van der Waals surface area contributed by atoms with Crippen LogP contribution in [0.15, 0.2) is 16.8 Å². The number of aliphatic hydroxyl groups excluding tert-OH is 1. The molecule has 0 saturated heterocycles. The third kappa shape index (κ3) is 4.63. The van der Waals surface area contributed by atoms with Gasteiger partial charge in [-0.1, -0.05) is 13.3 Å². The summed E-state index contributed by atoms with van der Waals surface area (Å²) in [6.07, 6.45) is 1.40. The maximum absolute atomic E-state index is 11.3. The lowest BCUT2D eigenvalue weighted by Crippen LogP contribution is -2.38. The van der Waals surface area contributed by atoms with E-state index in [0.717, 1.165) is 18.4 Å². The lowest BCUT2D eigenvalue weighted by Gasteiger charge is -2.11. The fourth-order valence-corrected chi connectivity index (χ4v) is 1.92. The topological polar surface area (TPSA) is 61.4 Å². The molecule has 1 atom stereocenters. The molecular weight excluding hydrogens is 224 g/mol. The highest BCUT2D eigenvalue weighted by molar-refractivity contribution is 7.07. The Morgan fingerprint density at radius 2 is 2.38 bits per heavy atom. The van der Waals surface area contributed by atoms with Crippen molar-refractivity contribution in [2.45, 2.75) is 25.9 Å². The maximum atomic E-state index is 11.3. The standard InChI is InChI=1S/C11H18N2O2S/c1-2-3-5-12-11(15)13-7-10(14)9-4-6-16-8-9/h4,6,8,10,14H,2-3,5,7H2,1H3,(H2,12,13,15). The van der Waals surface area contributed by atoms with Crippen molar-refractivity contribution in [2.24, 2.45) is 0 Å². The van der Waals surface area contributed by atoms with Crippen LogP contribution in [0.5, 0.6) is 0 Å². The van der Waals surface area contributed by atoms with Gasteiger partial charge in [0.15, 0.2) is 0 Å². The van der Waals surface area contributed by atoms with Crippen molar-refractivity contribution in [3.8, 4) is 0 Å². The maximum Gasteiger partial charge on any atom is 0.314 e. The van der Waals surface area contributed by atoms with E-state index >= 15 is 0 Å². The second-order valence-electron chi connectivity index (χ2n) is 3.56. The van der Waals surface area contributed by atoms with E-state index in [2.05, 4.69) is 17.6 Å². The molecule has 0 aliphatic carbocycles. The highest BCUT2D eigenvalue weighted by atomic mass is 32.1. The van der Waals surface area contributed by atoms with Crippen LogP contribution in [0.2, 0.25) is 0 Å². The van der Waals surface area contributed by atoms with Crippen LogP contribution in [0.4, 0.5) is 4.79 Å². The Hall–Kier alpha value is -1.07. The fraction of sp³-hybridized carbons (Fsp3) is 0.545. The van der Waals surface area contributed by atoms with E-state index in [1.54, 1.807) is 0 Å². The molecule has 0 spiro atoms. The summed E-state index contributed by atoms with van der Waals surface area (Å²) in [6, 6.07) is 1.63. The molecular formula is C11H18N2O2S. The Morgan fingerprint density at radius 3 is 3.00 bits per heavy atom. The van der Waals surface area contributed by atoms with Gasteiger partial charge in [-0.25, -0.2) is 4.79 Å². The monoisotopic (exact) mass is 242 g/mol. The van der Waals surface area contributed by atoms with Gasteiger partial charge in [-0.05, 0) is 28.8 Å². The molecule has 0 fully saturated rings. The third-order valence-electron chi connectivity index (χ3n) is 2.20. The fourth-order valence-electron chi connectivity index (χ4n) is 1.21. The molecule has 4 nitrogen and oxygen atoms in total. The predicted molar refractivity (Wildman–Crippen MR) is 65.6 cm³/mol. The Bertz CT molecular complexity index is 301. The molecule has 5 heteroatoms. The lowest BCUT2D eigenvalue weighted by atomic mass is 10.2. The number of thiophene rings is 1. The van der Waals surface area contributed by atoms with Gasteiger partial charge in [0.2, 0.25) is 0 Å². The van der Waals surface area contributed by atoms with Gasteiger partial charge >= 0.3 is 6.03 Å². The van der Waals surface area contributed by atoms with Crippen LogP contribution in [-0.4, -0.2) is 24.2 Å². The number of nitrogens with one attached hydrogen (secondary N) is 2. The van der Waals surface area contributed by atoms with Gasteiger partial charge < -0.3 is 15.7 Å². The zero-order chi connectivity index (χ0) is 11.8. The van der Waals surface area contributed by atoms with Crippen molar-refractivity contribution in [3.63, 3.8) is 0 Å². The molecule has 0 bridgehead atoms. The van der Waals surface area contributed by atoms with Gasteiger partial charge in [-0.3, -0.25) is 0 Å². The molecule has 1 rings (SSSR count). The number of aliphatic hydroxyl groups is 1. The minimum Gasteiger partial charge on any atom is -0.387 e. The Kier molecular flexibility index (Phi) is 5.88. The number of hydrogen-bond acceptors (Lipinski definition) is 3. The summed E-state index contributed by atoms with van der Waals surface area (Å²) in [6.45, 7) is 2.99. The molecule has 0 aliphatic rings. The van der Waals surface area contributed by atoms with Crippen LogP contribution in [0.1, 0.15) is 31.4 Å². The Labute approximate surface area is 99.7 Å². The first-order chi connectivity index (χ1) is 7.74. The highest BCUT2D eigenvalue weighted by Gasteiger charge is 2.08. The summed E-state index contributed by atoms with van der Waals surface area (Å²) in [5, 5.41) is 18.8. The van der Waals surface area contributed by atoms with E-state index < -0.39 is 6.10 Å². The summed E-state index contributed by atoms with van der Waals surface area (Å²) in [4.78, 5) is 11.3. The van der Waals surface area contributed by atoms with Crippen molar-refractivity contribution in [1.82, 2.24) is 10.6 Å². The summed E-state index contributed by atoms with van der Waals surface area (Å²) in [7, 11) is 0. The zero-order valence-electron chi connectivity index (χ0n) is 9.40. The minimum absolute atomic E-state index is 0.220. The number of hydrogen-bond donors (Lipinski definition) is 3. The van der Waals surface area contributed by atoms with Crippen molar-refractivity contribution < 1.29 is 9.90 Å². The van der Waals surface area contributed by atoms with Crippen LogP contribution < -0.4 is 10.6 Å². The first-order valence-corrected chi connectivity index (χ1v) is 6.40. The van der Waals surface area contributed by atoms with Crippen molar-refractivity contribution in [1.29, 1.82) is 0 Å². The number of carbonyl (C=O) groups is 1. The van der Waals surface area contributed by atoms with Crippen molar-refractivity contribution >= 4 is 17.4 Å². The van der Waals surface area contributed by atoms with E-state index in [4.69, 9.17) is 0 Å². The molecule has 0 saturated carbocycles. The van der Waals surface area contributed by atoms with E-state index in [-0.39, 0.29) is 12.6 Å². The van der Waals surface area contributed by atoms with E-state index in [1.807, 2.05) is 16.8 Å². The number of amides is 2. The molecule has 16 heavy (non-hydrogen) atoms. The normalized spacial score (nSPS) is 12.1. The quantitative estimate of drug-likeness (QED) is 0.667. The van der Waals surface area contributed by atoms with Crippen LogP contribution in [0.3, 0.4) is 0 Å². The summed E-state index contributed by atoms with van der Waals surface area (Å²) >= 11 is 1.53. The SMILES string of the molecule is CCCCNC(=O)NCC(O)c1ccsc1. The van der Waals surface area contributed by atoms with E-state index in [9.17, 15) is 9.90 Å². The number of carbonyl (C=O) groups excluding carboxylic acids is 1. The van der Waals surface area contributed by atoms with E-state index in [1.165, 1.54) is 11.3 Å². The van der Waals surface area contributed by atoms with Gasteiger partial charge in [0.25, 0.3) is 0 Å². The zero-order valence-corrected chi connectivity index (χ0v) is 10.2. The molecule has 1 heterocycles. The lowest BCUT2D eigenvalue weighted by molar-refractivity contribution is 0.173. The average molecular weight is 242 g/mol. The molecule has 0 aliphatic heterocycles. The van der Waals surface area contributed by atoms with Crippen LogP contribution in [-0.2, 0) is 0 Å². The molecule has 0 aromatic carbocycles. The second-order valence-corrected chi connectivity index (χ2v) is 4.34.